The van der Waals surface area contributed by atoms with Gasteiger partial charge in [0.25, 0.3) is 0 Å². The number of rotatable bonds is 3. The fraction of sp³-hybridized carbons (Fsp3) is 0.200. The summed E-state index contributed by atoms with van der Waals surface area (Å²) in [6, 6.07) is 11.9. The molecule has 2 aromatic carbocycles. The SMILES string of the molecule is Cc1ccccc1C(O)Cc1ccc(F)cc1Cl. The first-order valence-electron chi connectivity index (χ1n) is 5.75. The molecule has 1 nitrogen and oxygen atoms in total. The second-order valence-corrected chi connectivity index (χ2v) is 4.72. The molecule has 94 valence electrons. The topological polar surface area (TPSA) is 20.2 Å². The highest BCUT2D eigenvalue weighted by atomic mass is 35.5. The van der Waals surface area contributed by atoms with Crippen LogP contribution in [0.4, 0.5) is 4.39 Å². The van der Waals surface area contributed by atoms with Crippen LogP contribution >= 0.6 is 11.6 Å². The average molecular weight is 265 g/mol. The maximum absolute atomic E-state index is 12.9. The van der Waals surface area contributed by atoms with E-state index in [4.69, 9.17) is 11.6 Å². The summed E-state index contributed by atoms with van der Waals surface area (Å²) in [5.74, 6) is -0.367. The minimum atomic E-state index is -0.630. The van der Waals surface area contributed by atoms with Crippen LogP contribution in [0.3, 0.4) is 0 Å². The van der Waals surface area contributed by atoms with Crippen LogP contribution in [0.15, 0.2) is 42.5 Å². The van der Waals surface area contributed by atoms with E-state index in [0.29, 0.717) is 11.4 Å². The van der Waals surface area contributed by atoms with Gasteiger partial charge in [-0.05, 0) is 35.7 Å². The second-order valence-electron chi connectivity index (χ2n) is 4.31. The smallest absolute Gasteiger partial charge is 0.124 e. The van der Waals surface area contributed by atoms with Crippen LogP contribution in [-0.4, -0.2) is 5.11 Å². The molecule has 0 saturated carbocycles. The highest BCUT2D eigenvalue weighted by Gasteiger charge is 2.13. The van der Waals surface area contributed by atoms with Crippen LogP contribution in [0.5, 0.6) is 0 Å². The van der Waals surface area contributed by atoms with E-state index < -0.39 is 6.10 Å². The normalized spacial score (nSPS) is 12.4. The average Bonchev–Trinajstić information content (AvgIpc) is 2.33. The monoisotopic (exact) mass is 264 g/mol. The molecule has 0 aliphatic carbocycles. The lowest BCUT2D eigenvalue weighted by molar-refractivity contribution is 0.177. The number of hydrogen-bond donors (Lipinski definition) is 1. The summed E-state index contributed by atoms with van der Waals surface area (Å²) < 4.78 is 12.9. The molecule has 0 heterocycles. The summed E-state index contributed by atoms with van der Waals surface area (Å²) in [7, 11) is 0. The molecule has 2 rings (SSSR count). The van der Waals surface area contributed by atoms with Crippen LogP contribution in [0.25, 0.3) is 0 Å². The maximum Gasteiger partial charge on any atom is 0.124 e. The van der Waals surface area contributed by atoms with Crippen molar-refractivity contribution in [3.63, 3.8) is 0 Å². The third-order valence-corrected chi connectivity index (χ3v) is 3.33. The molecule has 2 aromatic rings. The van der Waals surface area contributed by atoms with Gasteiger partial charge < -0.3 is 5.11 Å². The zero-order valence-electron chi connectivity index (χ0n) is 10.0. The fourth-order valence-corrected chi connectivity index (χ4v) is 2.21. The number of hydrogen-bond acceptors (Lipinski definition) is 1. The minimum absolute atomic E-state index is 0.350. The van der Waals surface area contributed by atoms with Crippen LogP contribution in [0.2, 0.25) is 5.02 Å². The van der Waals surface area contributed by atoms with Gasteiger partial charge in [0.05, 0.1) is 6.10 Å². The van der Waals surface area contributed by atoms with Crippen molar-refractivity contribution in [3.05, 3.63) is 70.0 Å². The minimum Gasteiger partial charge on any atom is -0.388 e. The first-order valence-corrected chi connectivity index (χ1v) is 6.13. The quantitative estimate of drug-likeness (QED) is 0.886. The fourth-order valence-electron chi connectivity index (χ4n) is 1.97. The molecule has 0 fully saturated rings. The van der Waals surface area contributed by atoms with Gasteiger partial charge in [0.2, 0.25) is 0 Å². The van der Waals surface area contributed by atoms with E-state index in [-0.39, 0.29) is 5.82 Å². The Kier molecular flexibility index (Phi) is 4.00. The van der Waals surface area contributed by atoms with E-state index in [1.54, 1.807) is 6.07 Å². The zero-order chi connectivity index (χ0) is 13.1. The van der Waals surface area contributed by atoms with E-state index in [1.807, 2.05) is 31.2 Å². The molecule has 1 unspecified atom stereocenters. The largest absolute Gasteiger partial charge is 0.388 e. The molecule has 1 atom stereocenters. The molecule has 0 aliphatic rings. The van der Waals surface area contributed by atoms with Crippen molar-refractivity contribution < 1.29 is 9.50 Å². The zero-order valence-corrected chi connectivity index (χ0v) is 10.8. The summed E-state index contributed by atoms with van der Waals surface area (Å²) in [4.78, 5) is 0. The summed E-state index contributed by atoms with van der Waals surface area (Å²) in [5.41, 5.74) is 2.65. The van der Waals surface area contributed by atoms with E-state index in [2.05, 4.69) is 0 Å². The van der Waals surface area contributed by atoms with Gasteiger partial charge in [0, 0.05) is 11.4 Å². The molecular weight excluding hydrogens is 251 g/mol. The molecule has 1 N–H and O–H groups in total. The number of benzene rings is 2. The first-order chi connectivity index (χ1) is 8.58. The first kappa shape index (κ1) is 13.1. The molecular formula is C15H14ClFO. The predicted molar refractivity (Wildman–Crippen MR) is 71.3 cm³/mol. The summed E-state index contributed by atoms with van der Waals surface area (Å²) in [6.45, 7) is 1.95. The predicted octanol–water partition coefficient (Wildman–Crippen LogP) is 4.06. The van der Waals surface area contributed by atoms with Crippen LogP contribution in [-0.2, 0) is 6.42 Å². The van der Waals surface area contributed by atoms with Crippen molar-refractivity contribution >= 4 is 11.6 Å². The van der Waals surface area contributed by atoms with Crippen molar-refractivity contribution in [2.24, 2.45) is 0 Å². The van der Waals surface area contributed by atoms with Gasteiger partial charge in [-0.2, -0.15) is 0 Å². The van der Waals surface area contributed by atoms with Gasteiger partial charge in [0.1, 0.15) is 5.82 Å². The van der Waals surface area contributed by atoms with E-state index in [1.165, 1.54) is 12.1 Å². The molecule has 18 heavy (non-hydrogen) atoms. The van der Waals surface area contributed by atoms with Gasteiger partial charge in [0.15, 0.2) is 0 Å². The Bertz CT molecular complexity index is 554. The summed E-state index contributed by atoms with van der Waals surface area (Å²) >= 11 is 5.95. The molecule has 0 spiro atoms. The van der Waals surface area contributed by atoms with Gasteiger partial charge in [-0.25, -0.2) is 4.39 Å². The number of aliphatic hydroxyl groups is 1. The van der Waals surface area contributed by atoms with E-state index >= 15 is 0 Å². The molecule has 0 aromatic heterocycles. The molecule has 0 aliphatic heterocycles. The Morgan fingerprint density at radius 3 is 2.61 bits per heavy atom. The van der Waals surface area contributed by atoms with Gasteiger partial charge in [-0.1, -0.05) is 41.9 Å². The van der Waals surface area contributed by atoms with Gasteiger partial charge in [-0.15, -0.1) is 0 Å². The molecule has 0 radical (unpaired) electrons. The van der Waals surface area contributed by atoms with Crippen LogP contribution in [0.1, 0.15) is 22.8 Å². The number of aryl methyl sites for hydroxylation is 1. The Labute approximate surface area is 111 Å². The lowest BCUT2D eigenvalue weighted by Crippen LogP contribution is -2.04. The van der Waals surface area contributed by atoms with Gasteiger partial charge in [-0.3, -0.25) is 0 Å². The Morgan fingerprint density at radius 2 is 1.94 bits per heavy atom. The molecule has 0 saturated heterocycles. The standard InChI is InChI=1S/C15H14ClFO/c1-10-4-2-3-5-13(10)15(18)8-11-6-7-12(17)9-14(11)16/h2-7,9,15,18H,8H2,1H3. The summed E-state index contributed by atoms with van der Waals surface area (Å²) in [6.07, 6.45) is -0.251. The third kappa shape index (κ3) is 2.89. The van der Waals surface area contributed by atoms with Crippen molar-refractivity contribution in [2.45, 2.75) is 19.4 Å². The highest BCUT2D eigenvalue weighted by Crippen LogP contribution is 2.25. The third-order valence-electron chi connectivity index (χ3n) is 2.98. The van der Waals surface area contributed by atoms with Crippen molar-refractivity contribution in [1.29, 1.82) is 0 Å². The second kappa shape index (κ2) is 5.51. The Balaban J connectivity index is 2.21. The molecule has 0 amide bonds. The van der Waals surface area contributed by atoms with Crippen molar-refractivity contribution in [2.75, 3.05) is 0 Å². The number of halogens is 2. The van der Waals surface area contributed by atoms with Crippen molar-refractivity contribution in [1.82, 2.24) is 0 Å². The van der Waals surface area contributed by atoms with Gasteiger partial charge >= 0.3 is 0 Å². The van der Waals surface area contributed by atoms with E-state index in [9.17, 15) is 9.50 Å². The number of aliphatic hydroxyl groups excluding tert-OH is 1. The Hall–Kier alpha value is -1.38. The maximum atomic E-state index is 12.9. The van der Waals surface area contributed by atoms with Crippen molar-refractivity contribution in [3.8, 4) is 0 Å². The Morgan fingerprint density at radius 1 is 1.22 bits per heavy atom. The summed E-state index contributed by atoms with van der Waals surface area (Å²) in [5, 5.41) is 10.5. The van der Waals surface area contributed by atoms with Crippen LogP contribution < -0.4 is 0 Å². The van der Waals surface area contributed by atoms with E-state index in [0.717, 1.165) is 16.7 Å². The highest BCUT2D eigenvalue weighted by molar-refractivity contribution is 6.31. The molecule has 0 bridgehead atoms. The molecule has 3 heteroatoms. The lowest BCUT2D eigenvalue weighted by atomic mass is 9.98. The lowest BCUT2D eigenvalue weighted by Gasteiger charge is -2.14. The van der Waals surface area contributed by atoms with Crippen LogP contribution in [0, 0.1) is 12.7 Å².